The summed E-state index contributed by atoms with van der Waals surface area (Å²) in [7, 11) is 0. The van der Waals surface area contributed by atoms with Gasteiger partial charge in [0.2, 0.25) is 0 Å². The van der Waals surface area contributed by atoms with Crippen LogP contribution in [0.3, 0.4) is 0 Å². The summed E-state index contributed by atoms with van der Waals surface area (Å²) < 4.78 is 15.7. The molecule has 6 heteroatoms. The molecule has 0 saturated heterocycles. The molecule has 2 aromatic carbocycles. The van der Waals surface area contributed by atoms with Crippen LogP contribution in [0.25, 0.3) is 5.65 Å². The van der Waals surface area contributed by atoms with Crippen molar-refractivity contribution < 1.29 is 9.18 Å². The predicted octanol–water partition coefficient (Wildman–Crippen LogP) is 5.33. The first-order valence-corrected chi connectivity index (χ1v) is 9.81. The van der Waals surface area contributed by atoms with Crippen LogP contribution in [0, 0.1) is 12.7 Å². The number of carbonyl (C=O) groups is 1. The summed E-state index contributed by atoms with van der Waals surface area (Å²) in [6.07, 6.45) is 3.94. The normalized spacial score (nSPS) is 10.9. The number of aryl methyl sites for hydroxylation is 1. The van der Waals surface area contributed by atoms with Crippen molar-refractivity contribution in [2.75, 3.05) is 5.32 Å². The summed E-state index contributed by atoms with van der Waals surface area (Å²) in [6, 6.07) is 17.9. The molecular formula is C22H18FN3OS. The molecule has 0 bridgehead atoms. The van der Waals surface area contributed by atoms with Gasteiger partial charge < -0.3 is 9.72 Å². The largest absolute Gasteiger partial charge is 0.322 e. The number of aromatic nitrogens is 2. The van der Waals surface area contributed by atoms with Gasteiger partial charge in [0.05, 0.1) is 11.3 Å². The molecule has 1 N–H and O–H groups in total. The number of anilines is 1. The number of amides is 1. The first-order valence-electron chi connectivity index (χ1n) is 8.82. The van der Waals surface area contributed by atoms with Crippen molar-refractivity contribution in [2.45, 2.75) is 17.6 Å². The van der Waals surface area contributed by atoms with Crippen molar-refractivity contribution >= 4 is 29.0 Å². The number of hydrogen-bond donors (Lipinski definition) is 1. The molecule has 2 heterocycles. The van der Waals surface area contributed by atoms with Gasteiger partial charge in [-0.2, -0.15) is 0 Å². The van der Waals surface area contributed by atoms with E-state index in [1.54, 1.807) is 36.9 Å². The van der Waals surface area contributed by atoms with E-state index in [1.165, 1.54) is 6.07 Å². The minimum atomic E-state index is -0.340. The van der Waals surface area contributed by atoms with Gasteiger partial charge in [0.25, 0.3) is 5.91 Å². The highest BCUT2D eigenvalue weighted by Gasteiger charge is 2.13. The molecule has 4 aromatic rings. The molecular weight excluding hydrogens is 373 g/mol. The fourth-order valence-electron chi connectivity index (χ4n) is 2.86. The van der Waals surface area contributed by atoms with Gasteiger partial charge in [-0.1, -0.05) is 24.3 Å². The number of pyridine rings is 1. The maximum atomic E-state index is 13.7. The highest BCUT2D eigenvalue weighted by Crippen LogP contribution is 2.27. The molecule has 0 atom stereocenters. The van der Waals surface area contributed by atoms with E-state index >= 15 is 0 Å². The summed E-state index contributed by atoms with van der Waals surface area (Å²) in [5, 5.41) is 2.77. The third-order valence-electron chi connectivity index (χ3n) is 4.35. The van der Waals surface area contributed by atoms with Crippen LogP contribution in [0.1, 0.15) is 21.6 Å². The molecule has 0 radical (unpaired) electrons. The van der Waals surface area contributed by atoms with Crippen LogP contribution in [-0.2, 0) is 5.75 Å². The van der Waals surface area contributed by atoms with Crippen molar-refractivity contribution in [3.05, 3.63) is 95.7 Å². The predicted molar refractivity (Wildman–Crippen MR) is 110 cm³/mol. The van der Waals surface area contributed by atoms with E-state index in [2.05, 4.69) is 10.3 Å². The van der Waals surface area contributed by atoms with E-state index in [1.807, 2.05) is 53.2 Å². The number of thioether (sulfide) groups is 1. The standard InChI is InChI=1S/C22H18FN3OS/c1-15-9-10-16(12-19(15)23)25-22(27)18-6-2-3-7-20(18)28-14-17-13-26-11-5-4-8-21(26)24-17/h2-13H,14H2,1H3,(H,25,27). The molecule has 28 heavy (non-hydrogen) atoms. The number of nitrogens with zero attached hydrogens (tertiary/aromatic N) is 2. The number of carbonyl (C=O) groups excluding carboxylic acids is 1. The monoisotopic (exact) mass is 391 g/mol. The fourth-order valence-corrected chi connectivity index (χ4v) is 3.79. The highest BCUT2D eigenvalue weighted by atomic mass is 32.2. The van der Waals surface area contributed by atoms with Crippen LogP contribution in [0.2, 0.25) is 0 Å². The summed E-state index contributed by atoms with van der Waals surface area (Å²) in [5.74, 6) is 0.0409. The Hall–Kier alpha value is -3.12. The summed E-state index contributed by atoms with van der Waals surface area (Å²) in [6.45, 7) is 1.69. The van der Waals surface area contributed by atoms with E-state index in [9.17, 15) is 9.18 Å². The Bertz CT molecular complexity index is 1120. The van der Waals surface area contributed by atoms with Crippen LogP contribution in [0.5, 0.6) is 0 Å². The Morgan fingerprint density at radius 2 is 1.96 bits per heavy atom. The third kappa shape index (κ3) is 3.92. The molecule has 1 amide bonds. The quantitative estimate of drug-likeness (QED) is 0.468. The molecule has 0 fully saturated rings. The molecule has 0 aliphatic heterocycles. The lowest BCUT2D eigenvalue weighted by atomic mass is 10.2. The van der Waals surface area contributed by atoms with Gasteiger partial charge in [0.1, 0.15) is 11.5 Å². The molecule has 0 spiro atoms. The number of imidazole rings is 1. The van der Waals surface area contributed by atoms with Gasteiger partial charge >= 0.3 is 0 Å². The molecule has 4 rings (SSSR count). The van der Waals surface area contributed by atoms with E-state index in [0.29, 0.717) is 22.6 Å². The first-order chi connectivity index (χ1) is 13.6. The van der Waals surface area contributed by atoms with Crippen LogP contribution in [0.4, 0.5) is 10.1 Å². The minimum absolute atomic E-state index is 0.263. The number of benzene rings is 2. The molecule has 0 unspecified atom stereocenters. The number of nitrogens with one attached hydrogen (secondary N) is 1. The number of hydrogen-bond acceptors (Lipinski definition) is 3. The van der Waals surface area contributed by atoms with Crippen LogP contribution >= 0.6 is 11.8 Å². The zero-order valence-corrected chi connectivity index (χ0v) is 16.0. The van der Waals surface area contributed by atoms with Crippen molar-refractivity contribution in [1.29, 1.82) is 0 Å². The molecule has 0 saturated carbocycles. The van der Waals surface area contributed by atoms with Crippen LogP contribution in [-0.4, -0.2) is 15.3 Å². The summed E-state index contributed by atoms with van der Waals surface area (Å²) in [5.41, 5.74) is 3.37. The molecule has 4 nitrogen and oxygen atoms in total. The van der Waals surface area contributed by atoms with E-state index in [4.69, 9.17) is 0 Å². The Balaban J connectivity index is 1.51. The third-order valence-corrected chi connectivity index (χ3v) is 5.46. The average Bonchev–Trinajstić information content (AvgIpc) is 3.12. The Labute approximate surface area is 166 Å². The fraction of sp³-hybridized carbons (Fsp3) is 0.0909. The lowest BCUT2D eigenvalue weighted by Gasteiger charge is -2.10. The molecule has 140 valence electrons. The van der Waals surface area contributed by atoms with Crippen molar-refractivity contribution in [3.8, 4) is 0 Å². The smallest absolute Gasteiger partial charge is 0.256 e. The minimum Gasteiger partial charge on any atom is -0.322 e. The summed E-state index contributed by atoms with van der Waals surface area (Å²) >= 11 is 1.55. The molecule has 0 aliphatic rings. The van der Waals surface area contributed by atoms with Gasteiger partial charge in [-0.3, -0.25) is 4.79 Å². The lowest BCUT2D eigenvalue weighted by Crippen LogP contribution is -2.13. The van der Waals surface area contributed by atoms with E-state index in [-0.39, 0.29) is 11.7 Å². The van der Waals surface area contributed by atoms with Gasteiger partial charge in [-0.25, -0.2) is 9.37 Å². The van der Waals surface area contributed by atoms with Crippen molar-refractivity contribution in [3.63, 3.8) is 0 Å². The molecule has 0 aliphatic carbocycles. The lowest BCUT2D eigenvalue weighted by molar-refractivity contribution is 0.102. The Morgan fingerprint density at radius 1 is 1.14 bits per heavy atom. The zero-order valence-electron chi connectivity index (χ0n) is 15.2. The Kier molecular flexibility index (Phi) is 5.12. The van der Waals surface area contributed by atoms with Gasteiger partial charge in [0, 0.05) is 28.7 Å². The second kappa shape index (κ2) is 7.86. The average molecular weight is 391 g/mol. The maximum Gasteiger partial charge on any atom is 0.256 e. The van der Waals surface area contributed by atoms with Crippen LogP contribution in [0.15, 0.2) is 78.0 Å². The van der Waals surface area contributed by atoms with E-state index in [0.717, 1.165) is 16.2 Å². The van der Waals surface area contributed by atoms with Crippen molar-refractivity contribution in [2.24, 2.45) is 0 Å². The second-order valence-corrected chi connectivity index (χ2v) is 7.42. The number of fused-ring (bicyclic) bond motifs is 1. The van der Waals surface area contributed by atoms with Gasteiger partial charge in [-0.05, 0) is 48.9 Å². The number of halogens is 1. The SMILES string of the molecule is Cc1ccc(NC(=O)c2ccccc2SCc2cn3ccccc3n2)cc1F. The second-order valence-electron chi connectivity index (χ2n) is 6.40. The maximum absolute atomic E-state index is 13.7. The van der Waals surface area contributed by atoms with Crippen molar-refractivity contribution in [1.82, 2.24) is 9.38 Å². The topological polar surface area (TPSA) is 46.4 Å². The van der Waals surface area contributed by atoms with Gasteiger partial charge in [0.15, 0.2) is 0 Å². The van der Waals surface area contributed by atoms with E-state index < -0.39 is 0 Å². The first kappa shape index (κ1) is 18.3. The molecule has 2 aromatic heterocycles. The van der Waals surface area contributed by atoms with Crippen LogP contribution < -0.4 is 5.32 Å². The zero-order chi connectivity index (χ0) is 19.5. The highest BCUT2D eigenvalue weighted by molar-refractivity contribution is 7.98. The Morgan fingerprint density at radius 3 is 2.79 bits per heavy atom. The summed E-state index contributed by atoms with van der Waals surface area (Å²) in [4.78, 5) is 18.2. The van der Waals surface area contributed by atoms with Gasteiger partial charge in [-0.15, -0.1) is 11.8 Å². The number of rotatable bonds is 5.